The molecule has 3 N–H and O–H groups in total. The largest absolute Gasteiger partial charge is 0.480 e. The number of carbonyl (C=O) groups excluding carboxylic acids is 2. The summed E-state index contributed by atoms with van der Waals surface area (Å²) in [6, 6.07) is -1.68. The third-order valence-corrected chi connectivity index (χ3v) is 3.51. The predicted molar refractivity (Wildman–Crippen MR) is 85.4 cm³/mol. The minimum absolute atomic E-state index is 0.171. The fraction of sp³-hybridized carbons (Fsp3) is 0.812. The number of aliphatic carboxylic acids is 1. The summed E-state index contributed by atoms with van der Waals surface area (Å²) in [7, 11) is 0. The lowest BCUT2D eigenvalue weighted by Gasteiger charge is -2.21. The average Bonchev–Trinajstić information content (AvgIpc) is 2.43. The van der Waals surface area contributed by atoms with Gasteiger partial charge in [0.15, 0.2) is 0 Å². The van der Waals surface area contributed by atoms with Gasteiger partial charge in [-0.05, 0) is 19.3 Å². The number of nitrogens with one attached hydrogen (secondary N) is 2. The summed E-state index contributed by atoms with van der Waals surface area (Å²) in [4.78, 5) is 34.7. The third kappa shape index (κ3) is 8.64. The van der Waals surface area contributed by atoms with Crippen LogP contribution in [0.5, 0.6) is 0 Å². The maximum atomic E-state index is 11.9. The standard InChI is InChI=1S/C16H30N2O4/c1-5-6-7-8-9-10-13(19)17-12(4)15(20)18-14(11(2)3)16(21)22/h11-12,14H,5-10H2,1-4H3,(H,17,19)(H,18,20)(H,21,22). The fourth-order valence-corrected chi connectivity index (χ4v) is 2.06. The Morgan fingerprint density at radius 2 is 1.55 bits per heavy atom. The Labute approximate surface area is 133 Å². The third-order valence-electron chi connectivity index (χ3n) is 3.51. The number of carboxylic acid groups (broad SMARTS) is 1. The highest BCUT2D eigenvalue weighted by atomic mass is 16.4. The quantitative estimate of drug-likeness (QED) is 0.509. The summed E-state index contributed by atoms with van der Waals surface area (Å²) in [5, 5.41) is 14.1. The zero-order chi connectivity index (χ0) is 17.1. The van der Waals surface area contributed by atoms with E-state index in [-0.39, 0.29) is 11.8 Å². The second-order valence-corrected chi connectivity index (χ2v) is 6.02. The Hall–Kier alpha value is -1.59. The Morgan fingerprint density at radius 3 is 2.05 bits per heavy atom. The Bertz CT molecular complexity index is 369. The SMILES string of the molecule is CCCCCCCC(=O)NC(C)C(=O)NC(C(=O)O)C(C)C. The van der Waals surface area contributed by atoms with Crippen molar-refractivity contribution in [3.63, 3.8) is 0 Å². The summed E-state index contributed by atoms with van der Waals surface area (Å²) in [6.07, 6.45) is 5.67. The second-order valence-electron chi connectivity index (χ2n) is 6.02. The molecule has 0 fully saturated rings. The van der Waals surface area contributed by atoms with E-state index in [0.29, 0.717) is 6.42 Å². The molecule has 0 aromatic carbocycles. The maximum absolute atomic E-state index is 11.9. The van der Waals surface area contributed by atoms with Crippen LogP contribution in [-0.4, -0.2) is 35.0 Å². The highest BCUT2D eigenvalue weighted by Gasteiger charge is 2.26. The first-order chi connectivity index (χ1) is 10.3. The van der Waals surface area contributed by atoms with E-state index in [1.54, 1.807) is 20.8 Å². The number of unbranched alkanes of at least 4 members (excludes halogenated alkanes) is 4. The zero-order valence-corrected chi connectivity index (χ0v) is 14.1. The lowest BCUT2D eigenvalue weighted by molar-refractivity contribution is -0.143. The molecule has 0 saturated heterocycles. The van der Waals surface area contributed by atoms with Gasteiger partial charge in [-0.25, -0.2) is 4.79 Å². The molecule has 22 heavy (non-hydrogen) atoms. The minimum atomic E-state index is -1.07. The van der Waals surface area contributed by atoms with Crippen molar-refractivity contribution < 1.29 is 19.5 Å². The normalized spacial score (nSPS) is 13.5. The van der Waals surface area contributed by atoms with Crippen LogP contribution in [0.1, 0.15) is 66.2 Å². The first kappa shape index (κ1) is 20.4. The van der Waals surface area contributed by atoms with Crippen LogP contribution in [0.3, 0.4) is 0 Å². The number of carboxylic acids is 1. The van der Waals surface area contributed by atoms with Gasteiger partial charge >= 0.3 is 5.97 Å². The molecule has 6 heteroatoms. The summed E-state index contributed by atoms with van der Waals surface area (Å²) in [5.74, 6) is -1.93. The first-order valence-electron chi connectivity index (χ1n) is 8.12. The van der Waals surface area contributed by atoms with Crippen LogP contribution in [-0.2, 0) is 14.4 Å². The highest BCUT2D eigenvalue weighted by Crippen LogP contribution is 2.05. The number of hydrogen-bond donors (Lipinski definition) is 3. The van der Waals surface area contributed by atoms with Crippen molar-refractivity contribution in [2.45, 2.75) is 78.3 Å². The van der Waals surface area contributed by atoms with E-state index in [9.17, 15) is 14.4 Å². The molecule has 0 aliphatic rings. The van der Waals surface area contributed by atoms with Crippen molar-refractivity contribution >= 4 is 17.8 Å². The summed E-state index contributed by atoms with van der Waals surface area (Å²) in [5.41, 5.74) is 0. The number of rotatable bonds is 11. The van der Waals surface area contributed by atoms with E-state index in [2.05, 4.69) is 17.6 Å². The van der Waals surface area contributed by atoms with E-state index in [1.807, 2.05) is 0 Å². The molecule has 0 aromatic rings. The zero-order valence-electron chi connectivity index (χ0n) is 14.1. The first-order valence-corrected chi connectivity index (χ1v) is 8.12. The van der Waals surface area contributed by atoms with Crippen LogP contribution in [0.2, 0.25) is 0 Å². The molecule has 0 aliphatic heterocycles. The Balaban J connectivity index is 4.13. The summed E-state index contributed by atoms with van der Waals surface area (Å²) >= 11 is 0. The van der Waals surface area contributed by atoms with Crippen molar-refractivity contribution in [2.24, 2.45) is 5.92 Å². The van der Waals surface area contributed by atoms with Crippen LogP contribution in [0.25, 0.3) is 0 Å². The molecule has 0 aromatic heterocycles. The van der Waals surface area contributed by atoms with Gasteiger partial charge in [-0.2, -0.15) is 0 Å². The lowest BCUT2D eigenvalue weighted by Crippen LogP contribution is -2.52. The molecule has 0 saturated carbocycles. The van der Waals surface area contributed by atoms with Gasteiger partial charge in [0.05, 0.1) is 0 Å². The monoisotopic (exact) mass is 314 g/mol. The topological polar surface area (TPSA) is 95.5 Å². The minimum Gasteiger partial charge on any atom is -0.480 e. The van der Waals surface area contributed by atoms with Crippen molar-refractivity contribution in [1.29, 1.82) is 0 Å². The highest BCUT2D eigenvalue weighted by molar-refractivity contribution is 5.90. The van der Waals surface area contributed by atoms with Crippen molar-refractivity contribution in [1.82, 2.24) is 10.6 Å². The molecule has 0 aliphatic carbocycles. The Morgan fingerprint density at radius 1 is 0.955 bits per heavy atom. The molecule has 128 valence electrons. The molecule has 0 spiro atoms. The molecule has 0 rings (SSSR count). The summed E-state index contributed by atoms with van der Waals surface area (Å²) in [6.45, 7) is 7.13. The van der Waals surface area contributed by atoms with Crippen molar-refractivity contribution in [3.8, 4) is 0 Å². The van der Waals surface area contributed by atoms with E-state index in [4.69, 9.17) is 5.11 Å². The van der Waals surface area contributed by atoms with Gasteiger partial charge in [0, 0.05) is 6.42 Å². The van der Waals surface area contributed by atoms with Crippen LogP contribution in [0.4, 0.5) is 0 Å². The van der Waals surface area contributed by atoms with E-state index in [0.717, 1.165) is 25.7 Å². The van der Waals surface area contributed by atoms with Gasteiger partial charge in [0.25, 0.3) is 0 Å². The lowest BCUT2D eigenvalue weighted by atomic mass is 10.0. The number of carbonyl (C=O) groups is 3. The van der Waals surface area contributed by atoms with Crippen LogP contribution in [0.15, 0.2) is 0 Å². The molecule has 0 heterocycles. The van der Waals surface area contributed by atoms with E-state index in [1.165, 1.54) is 6.42 Å². The Kier molecular flexibility index (Phi) is 10.2. The van der Waals surface area contributed by atoms with Gasteiger partial charge in [0.1, 0.15) is 12.1 Å². The average molecular weight is 314 g/mol. The second kappa shape index (κ2) is 11.0. The number of amides is 2. The molecule has 2 atom stereocenters. The molecule has 6 nitrogen and oxygen atoms in total. The molecular formula is C16H30N2O4. The fourth-order valence-electron chi connectivity index (χ4n) is 2.06. The smallest absolute Gasteiger partial charge is 0.326 e. The summed E-state index contributed by atoms with van der Waals surface area (Å²) < 4.78 is 0. The van der Waals surface area contributed by atoms with E-state index >= 15 is 0 Å². The molecule has 0 bridgehead atoms. The van der Waals surface area contributed by atoms with Gasteiger partial charge < -0.3 is 15.7 Å². The molecule has 2 amide bonds. The molecule has 0 radical (unpaired) electrons. The van der Waals surface area contributed by atoms with Gasteiger partial charge in [-0.3, -0.25) is 9.59 Å². The van der Waals surface area contributed by atoms with Crippen molar-refractivity contribution in [3.05, 3.63) is 0 Å². The molecular weight excluding hydrogens is 284 g/mol. The van der Waals surface area contributed by atoms with Crippen LogP contribution >= 0.6 is 0 Å². The van der Waals surface area contributed by atoms with Gasteiger partial charge in [-0.1, -0.05) is 46.5 Å². The van der Waals surface area contributed by atoms with Gasteiger partial charge in [0.2, 0.25) is 11.8 Å². The van der Waals surface area contributed by atoms with Crippen molar-refractivity contribution in [2.75, 3.05) is 0 Å². The van der Waals surface area contributed by atoms with Crippen LogP contribution in [0, 0.1) is 5.92 Å². The van der Waals surface area contributed by atoms with Crippen LogP contribution < -0.4 is 10.6 Å². The number of hydrogen-bond acceptors (Lipinski definition) is 3. The predicted octanol–water partition coefficient (Wildman–Crippen LogP) is 2.08. The molecule has 2 unspecified atom stereocenters. The van der Waals surface area contributed by atoms with Gasteiger partial charge in [-0.15, -0.1) is 0 Å². The maximum Gasteiger partial charge on any atom is 0.326 e. The van der Waals surface area contributed by atoms with E-state index < -0.39 is 24.0 Å².